The van der Waals surface area contributed by atoms with E-state index in [1.54, 1.807) is 5.57 Å². The normalized spacial score (nSPS) is 18.0. The van der Waals surface area contributed by atoms with Crippen LogP contribution in [0.2, 0.25) is 0 Å². The van der Waals surface area contributed by atoms with E-state index >= 15 is 0 Å². The standard InChI is InChI=1S/C11H15NS/c1-8-3-4-12-6-11(8)10-5-9(2)13-7-10/h5,7,12H,3-4,6H2,1-2H3. The Balaban J connectivity index is 2.34. The zero-order valence-corrected chi connectivity index (χ0v) is 9.00. The zero-order chi connectivity index (χ0) is 9.26. The molecular formula is C11H15NS. The molecule has 0 fully saturated rings. The van der Waals surface area contributed by atoms with Gasteiger partial charge in [-0.1, -0.05) is 5.57 Å². The van der Waals surface area contributed by atoms with Crippen LogP contribution in [0.3, 0.4) is 0 Å². The first-order valence-electron chi connectivity index (χ1n) is 4.72. The van der Waals surface area contributed by atoms with E-state index in [0.29, 0.717) is 0 Å². The fourth-order valence-corrected chi connectivity index (χ4v) is 2.46. The average Bonchev–Trinajstić information content (AvgIpc) is 2.53. The van der Waals surface area contributed by atoms with E-state index < -0.39 is 0 Å². The van der Waals surface area contributed by atoms with Gasteiger partial charge < -0.3 is 5.32 Å². The minimum Gasteiger partial charge on any atom is -0.312 e. The fraction of sp³-hybridized carbons (Fsp3) is 0.455. The van der Waals surface area contributed by atoms with Crippen molar-refractivity contribution in [3.05, 3.63) is 27.5 Å². The third-order valence-corrected chi connectivity index (χ3v) is 3.43. The number of nitrogens with one attached hydrogen (secondary N) is 1. The van der Waals surface area contributed by atoms with Crippen LogP contribution in [0, 0.1) is 6.92 Å². The molecule has 1 aromatic heterocycles. The molecule has 1 nitrogen and oxygen atoms in total. The summed E-state index contributed by atoms with van der Waals surface area (Å²) in [6.45, 7) is 6.60. The van der Waals surface area contributed by atoms with Crippen molar-refractivity contribution in [1.82, 2.24) is 5.32 Å². The lowest BCUT2D eigenvalue weighted by molar-refractivity contribution is 0.715. The fourth-order valence-electron chi connectivity index (χ4n) is 1.74. The van der Waals surface area contributed by atoms with E-state index in [9.17, 15) is 0 Å². The van der Waals surface area contributed by atoms with Crippen molar-refractivity contribution in [2.75, 3.05) is 13.1 Å². The molecule has 1 aliphatic heterocycles. The maximum Gasteiger partial charge on any atom is 0.0211 e. The largest absolute Gasteiger partial charge is 0.312 e. The second kappa shape index (κ2) is 3.64. The molecule has 0 aromatic carbocycles. The molecule has 2 heteroatoms. The lowest BCUT2D eigenvalue weighted by Crippen LogP contribution is -2.23. The maximum atomic E-state index is 3.42. The molecule has 0 unspecified atom stereocenters. The van der Waals surface area contributed by atoms with Crippen LogP contribution in [0.25, 0.3) is 5.57 Å². The van der Waals surface area contributed by atoms with Gasteiger partial charge in [-0.25, -0.2) is 0 Å². The highest BCUT2D eigenvalue weighted by molar-refractivity contribution is 7.10. The Labute approximate surface area is 83.5 Å². The third kappa shape index (κ3) is 1.84. The summed E-state index contributed by atoms with van der Waals surface area (Å²) in [6.07, 6.45) is 1.20. The van der Waals surface area contributed by atoms with Crippen molar-refractivity contribution in [3.8, 4) is 0 Å². The Morgan fingerprint density at radius 3 is 2.85 bits per heavy atom. The Kier molecular flexibility index (Phi) is 2.51. The van der Waals surface area contributed by atoms with Crippen LogP contribution in [0.1, 0.15) is 23.8 Å². The van der Waals surface area contributed by atoms with Crippen LogP contribution in [0.4, 0.5) is 0 Å². The SMILES string of the molecule is CC1=C(c2csc(C)c2)CNCC1. The summed E-state index contributed by atoms with van der Waals surface area (Å²) in [5.74, 6) is 0. The van der Waals surface area contributed by atoms with Gasteiger partial charge in [0.2, 0.25) is 0 Å². The minimum atomic E-state index is 1.04. The summed E-state index contributed by atoms with van der Waals surface area (Å²) in [6, 6.07) is 2.29. The topological polar surface area (TPSA) is 12.0 Å². The Morgan fingerprint density at radius 1 is 1.38 bits per heavy atom. The summed E-state index contributed by atoms with van der Waals surface area (Å²) >= 11 is 1.84. The number of hydrogen-bond donors (Lipinski definition) is 1. The predicted octanol–water partition coefficient (Wildman–Crippen LogP) is 2.82. The van der Waals surface area contributed by atoms with Gasteiger partial charge in [0.1, 0.15) is 0 Å². The number of aryl methyl sites for hydroxylation is 1. The van der Waals surface area contributed by atoms with Gasteiger partial charge in [0.15, 0.2) is 0 Å². The van der Waals surface area contributed by atoms with Crippen LogP contribution in [-0.2, 0) is 0 Å². The molecule has 0 radical (unpaired) electrons. The van der Waals surface area contributed by atoms with Gasteiger partial charge in [-0.15, -0.1) is 11.3 Å². The van der Waals surface area contributed by atoms with Gasteiger partial charge in [0.05, 0.1) is 0 Å². The highest BCUT2D eigenvalue weighted by Gasteiger charge is 2.11. The van der Waals surface area contributed by atoms with Crippen molar-refractivity contribution >= 4 is 16.9 Å². The molecule has 1 aromatic rings. The Morgan fingerprint density at radius 2 is 2.23 bits per heavy atom. The highest BCUT2D eigenvalue weighted by atomic mass is 32.1. The van der Waals surface area contributed by atoms with Gasteiger partial charge in [-0.05, 0) is 49.4 Å². The molecule has 1 N–H and O–H groups in total. The Hall–Kier alpha value is -0.600. The van der Waals surface area contributed by atoms with Crippen molar-refractivity contribution in [2.45, 2.75) is 20.3 Å². The molecule has 2 rings (SSSR count). The number of thiophene rings is 1. The van der Waals surface area contributed by atoms with Gasteiger partial charge >= 0.3 is 0 Å². The summed E-state index contributed by atoms with van der Waals surface area (Å²) in [4.78, 5) is 1.40. The summed E-state index contributed by atoms with van der Waals surface area (Å²) < 4.78 is 0. The second-order valence-electron chi connectivity index (χ2n) is 3.63. The molecule has 0 atom stereocenters. The van der Waals surface area contributed by atoms with Crippen LogP contribution in [-0.4, -0.2) is 13.1 Å². The summed E-state index contributed by atoms with van der Waals surface area (Å²) in [5, 5.41) is 5.68. The molecule has 0 spiro atoms. The summed E-state index contributed by atoms with van der Waals surface area (Å²) in [5.41, 5.74) is 4.49. The predicted molar refractivity (Wildman–Crippen MR) is 59.1 cm³/mol. The molecule has 0 amide bonds. The molecule has 0 bridgehead atoms. The van der Waals surface area contributed by atoms with Crippen LogP contribution >= 0.6 is 11.3 Å². The van der Waals surface area contributed by atoms with Crippen LogP contribution in [0.5, 0.6) is 0 Å². The summed E-state index contributed by atoms with van der Waals surface area (Å²) in [7, 11) is 0. The maximum absolute atomic E-state index is 3.42. The van der Waals surface area contributed by atoms with Gasteiger partial charge in [-0.3, -0.25) is 0 Å². The minimum absolute atomic E-state index is 1.04. The number of rotatable bonds is 1. The quantitative estimate of drug-likeness (QED) is 0.723. The smallest absolute Gasteiger partial charge is 0.0211 e. The van der Waals surface area contributed by atoms with E-state index in [0.717, 1.165) is 13.1 Å². The zero-order valence-electron chi connectivity index (χ0n) is 8.18. The first-order valence-corrected chi connectivity index (χ1v) is 5.60. The van der Waals surface area contributed by atoms with Crippen LogP contribution in [0.15, 0.2) is 17.0 Å². The average molecular weight is 193 g/mol. The Bertz CT molecular complexity index is 336. The molecular weight excluding hydrogens is 178 g/mol. The van der Waals surface area contributed by atoms with Crippen molar-refractivity contribution in [1.29, 1.82) is 0 Å². The first-order chi connectivity index (χ1) is 6.27. The highest BCUT2D eigenvalue weighted by Crippen LogP contribution is 2.26. The molecule has 0 saturated carbocycles. The lowest BCUT2D eigenvalue weighted by Gasteiger charge is -2.18. The molecule has 0 aliphatic carbocycles. The monoisotopic (exact) mass is 193 g/mol. The molecule has 2 heterocycles. The third-order valence-electron chi connectivity index (χ3n) is 2.57. The molecule has 1 aliphatic rings. The van der Waals surface area contributed by atoms with Gasteiger partial charge in [-0.2, -0.15) is 0 Å². The van der Waals surface area contributed by atoms with Crippen molar-refractivity contribution in [3.63, 3.8) is 0 Å². The van der Waals surface area contributed by atoms with E-state index in [1.807, 2.05) is 11.3 Å². The van der Waals surface area contributed by atoms with Crippen molar-refractivity contribution < 1.29 is 0 Å². The van der Waals surface area contributed by atoms with E-state index in [2.05, 4.69) is 30.6 Å². The van der Waals surface area contributed by atoms with Crippen molar-refractivity contribution in [2.24, 2.45) is 0 Å². The first kappa shape index (κ1) is 8.97. The van der Waals surface area contributed by atoms with E-state index in [1.165, 1.54) is 22.4 Å². The van der Waals surface area contributed by atoms with E-state index in [-0.39, 0.29) is 0 Å². The lowest BCUT2D eigenvalue weighted by atomic mass is 9.98. The second-order valence-corrected chi connectivity index (χ2v) is 4.75. The molecule has 70 valence electrons. The van der Waals surface area contributed by atoms with Gasteiger partial charge in [0.25, 0.3) is 0 Å². The molecule has 13 heavy (non-hydrogen) atoms. The van der Waals surface area contributed by atoms with Crippen LogP contribution < -0.4 is 5.32 Å². The molecule has 0 saturated heterocycles. The van der Waals surface area contributed by atoms with Gasteiger partial charge in [0, 0.05) is 11.4 Å². The number of hydrogen-bond acceptors (Lipinski definition) is 2. The van der Waals surface area contributed by atoms with E-state index in [4.69, 9.17) is 0 Å².